The summed E-state index contributed by atoms with van der Waals surface area (Å²) >= 11 is 0. The van der Waals surface area contributed by atoms with Crippen LogP contribution in [0.2, 0.25) is 0 Å². The number of ketones is 1. The number of imidazole rings is 1. The minimum absolute atomic E-state index is 0.0243. The van der Waals surface area contributed by atoms with Crippen molar-refractivity contribution in [1.82, 2.24) is 30.2 Å². The monoisotopic (exact) mass is 1130 g/mol. The van der Waals surface area contributed by atoms with E-state index in [1.807, 2.05) is 0 Å². The molecular formula is C47H70N7O19P3-4. The number of phosphoric acid groups is 3. The number of nitrogens with two attached hydrogens (primary N) is 1. The van der Waals surface area contributed by atoms with Gasteiger partial charge >= 0.3 is 5.97 Å². The molecule has 7 N–H and O–H groups in total. The van der Waals surface area contributed by atoms with Gasteiger partial charge in [-0.3, -0.25) is 32.9 Å². The normalized spacial score (nSPS) is 20.7. The molecule has 7 unspecified atom stereocenters. The summed E-state index contributed by atoms with van der Waals surface area (Å²) in [4.78, 5) is 110. The van der Waals surface area contributed by atoms with E-state index in [1.54, 1.807) is 13.8 Å². The summed E-state index contributed by atoms with van der Waals surface area (Å²) in [5.41, 5.74) is 5.67. The van der Waals surface area contributed by atoms with Crippen molar-refractivity contribution in [1.29, 1.82) is 0 Å². The quantitative estimate of drug-likeness (QED) is 0.0364. The van der Waals surface area contributed by atoms with E-state index in [9.17, 15) is 67.8 Å². The molecule has 1 aromatic carbocycles. The van der Waals surface area contributed by atoms with Gasteiger partial charge in [0.25, 0.3) is 15.6 Å². The average Bonchev–Trinajstić information content (AvgIpc) is 3.91. The summed E-state index contributed by atoms with van der Waals surface area (Å²) in [6.07, 6.45) is 5.73. The van der Waals surface area contributed by atoms with Crippen LogP contribution in [0.4, 0.5) is 5.82 Å². The molecule has 0 radical (unpaired) electrons. The molecule has 2 fully saturated rings. The smallest absolute Gasteiger partial charge is 0.309 e. The molecule has 1 aliphatic heterocycles. The molecule has 0 bridgehead atoms. The maximum atomic E-state index is 13.1. The van der Waals surface area contributed by atoms with E-state index < -0.39 is 95.9 Å². The van der Waals surface area contributed by atoms with Crippen LogP contribution >= 0.6 is 23.5 Å². The zero-order chi connectivity index (χ0) is 56.1. The maximum Gasteiger partial charge on any atom is 0.309 e. The molecule has 426 valence electrons. The number of aliphatic hydroxyl groups excluding tert-OH is 2. The Morgan fingerprint density at radius 3 is 2.13 bits per heavy atom. The molecule has 1 aliphatic carbocycles. The van der Waals surface area contributed by atoms with Crippen molar-refractivity contribution >= 4 is 64.0 Å². The van der Waals surface area contributed by atoms with Crippen LogP contribution in [0.5, 0.6) is 0 Å². The summed E-state index contributed by atoms with van der Waals surface area (Å²) < 4.78 is 61.1. The minimum Gasteiger partial charge on any atom is -0.790 e. The minimum atomic E-state index is -5.94. The molecule has 29 heteroatoms. The highest BCUT2D eigenvalue weighted by Crippen LogP contribution is 2.57. The number of nitrogens with one attached hydrogen (secondary N) is 2. The number of phosphoric ester groups is 3. The standard InChI is InChI=1S/C47H74N7O19P3/c1-45(2,44(60)61)20-11-7-5-9-14-31-16-13-17-32(26-31)15-10-6-8-12-21-47(22-23-47)34(55)18-24-49-35(56)19-25-50-42(59)39(58)46(3,4)28-70-76(67,68)73-75(65,66)69-27-33-38(72-74(62,63)64)37(57)43(71-33)54-30-53-36-40(48)51-29-52-41(36)54/h13,16-17,26,29-30,33,37-39,43,57-58H,5-12,14-15,18-25,27-28H2,1-4H3,(H,49,56)(H,50,59)(H,60,61)(H,65,66)(H,67,68)(H2,48,51,52)(H2,62,63,64)/p-4. The number of hydrogen-bond donors (Lipinski definition) is 6. The number of carbonyl (C=O) groups is 4. The Labute approximate surface area is 440 Å². The predicted octanol–water partition coefficient (Wildman–Crippen LogP) is 2.41. The van der Waals surface area contributed by atoms with Gasteiger partial charge in [-0.1, -0.05) is 76.6 Å². The van der Waals surface area contributed by atoms with Crippen LogP contribution in [0.3, 0.4) is 0 Å². The van der Waals surface area contributed by atoms with Gasteiger partial charge in [0.05, 0.1) is 32.8 Å². The number of fused-ring (bicyclic) bond motifs is 1. The van der Waals surface area contributed by atoms with E-state index >= 15 is 0 Å². The fraction of sp³-hybridized carbons (Fsp3) is 0.681. The van der Waals surface area contributed by atoms with Crippen molar-refractivity contribution in [3.05, 3.63) is 48.0 Å². The molecule has 1 saturated heterocycles. The first kappa shape index (κ1) is 62.7. The van der Waals surface area contributed by atoms with E-state index in [1.165, 1.54) is 25.0 Å². The van der Waals surface area contributed by atoms with Crippen molar-refractivity contribution in [2.75, 3.05) is 32.0 Å². The summed E-state index contributed by atoms with van der Waals surface area (Å²) in [6, 6.07) is 8.69. The Kier molecular flexibility index (Phi) is 22.4. The van der Waals surface area contributed by atoms with Crippen molar-refractivity contribution in [2.24, 2.45) is 16.2 Å². The second-order valence-electron chi connectivity index (χ2n) is 20.8. The second-order valence-corrected chi connectivity index (χ2v) is 24.8. The molecule has 2 amide bonds. The number of carbonyl (C=O) groups excluding carboxylic acids is 3. The lowest BCUT2D eigenvalue weighted by Crippen LogP contribution is -2.46. The first-order valence-electron chi connectivity index (χ1n) is 25.2. The van der Waals surface area contributed by atoms with Crippen molar-refractivity contribution in [3.8, 4) is 0 Å². The topological polar surface area (TPSA) is 412 Å². The fourth-order valence-electron chi connectivity index (χ4n) is 8.76. The number of anilines is 1. The van der Waals surface area contributed by atoms with Crippen LogP contribution < -0.4 is 35.9 Å². The van der Waals surface area contributed by atoms with Gasteiger partial charge in [0, 0.05) is 36.8 Å². The average molecular weight is 1130 g/mol. The zero-order valence-electron chi connectivity index (χ0n) is 43.1. The van der Waals surface area contributed by atoms with E-state index in [-0.39, 0.29) is 54.1 Å². The molecule has 0 spiro atoms. The lowest BCUT2D eigenvalue weighted by atomic mass is 9.87. The highest BCUT2D eigenvalue weighted by atomic mass is 31.3. The number of unbranched alkanes of at least 4 members (excludes halogenated alkanes) is 6. The van der Waals surface area contributed by atoms with Crippen LogP contribution in [0.25, 0.3) is 11.2 Å². The number of nitrogens with zero attached hydrogens (tertiary/aromatic N) is 4. The number of nitrogen functional groups attached to an aromatic ring is 1. The molecule has 26 nitrogen and oxygen atoms in total. The number of carboxylic acids is 1. The van der Waals surface area contributed by atoms with Gasteiger partial charge in [0.1, 0.15) is 42.0 Å². The van der Waals surface area contributed by atoms with E-state index in [0.29, 0.717) is 6.42 Å². The van der Waals surface area contributed by atoms with Crippen LogP contribution in [0.15, 0.2) is 36.9 Å². The molecule has 2 aliphatic rings. The molecule has 76 heavy (non-hydrogen) atoms. The van der Waals surface area contributed by atoms with Gasteiger partial charge in [0.2, 0.25) is 11.8 Å². The van der Waals surface area contributed by atoms with Crippen LogP contribution in [-0.4, -0.2) is 109 Å². The number of aromatic nitrogens is 4. The SMILES string of the molecule is CC(C)(CCCCCCc1cccc(CCCCCCC2(C(=O)CCNC(=O)CCNC(=O)C(O)C(C)(C)COP(=O)([O-])OP(=O)([O-])OCC3OC(n4cnc5c(N)ncnc54)C(O)C3OP(=O)([O-])[O-])CC2)c1)C(=O)O. The molecule has 1 saturated carbocycles. The Morgan fingerprint density at radius 2 is 1.50 bits per heavy atom. The third-order valence-electron chi connectivity index (χ3n) is 13.6. The van der Waals surface area contributed by atoms with E-state index in [4.69, 9.17) is 10.5 Å². The fourth-order valence-corrected chi connectivity index (χ4v) is 11.5. The Hall–Kier alpha value is -4.10. The number of aliphatic carboxylic acids is 1. The van der Waals surface area contributed by atoms with Gasteiger partial charge in [-0.2, -0.15) is 0 Å². The highest BCUT2D eigenvalue weighted by molar-refractivity contribution is 7.59. The number of rotatable bonds is 35. The first-order valence-corrected chi connectivity index (χ1v) is 29.6. The maximum absolute atomic E-state index is 13.1. The Bertz CT molecular complexity index is 2610. The van der Waals surface area contributed by atoms with Crippen molar-refractivity contribution < 1.29 is 90.4 Å². The van der Waals surface area contributed by atoms with Gasteiger partial charge in [-0.05, 0) is 76.3 Å². The molecule has 7 atom stereocenters. The molecule has 5 rings (SSSR count). The summed E-state index contributed by atoms with van der Waals surface area (Å²) in [7, 11) is -17.7. The van der Waals surface area contributed by atoms with Crippen LogP contribution in [0, 0.1) is 16.2 Å². The number of carboxylic acid groups (broad SMARTS) is 1. The van der Waals surface area contributed by atoms with E-state index in [0.717, 1.165) is 101 Å². The number of aryl methyl sites for hydroxylation is 2. The zero-order valence-corrected chi connectivity index (χ0v) is 45.8. The second kappa shape index (κ2) is 27.2. The van der Waals surface area contributed by atoms with Gasteiger partial charge in [0.15, 0.2) is 17.7 Å². The predicted molar refractivity (Wildman–Crippen MR) is 263 cm³/mol. The van der Waals surface area contributed by atoms with Gasteiger partial charge < -0.3 is 74.1 Å². The summed E-state index contributed by atoms with van der Waals surface area (Å²) in [6.45, 7) is 3.54. The molecule has 3 heterocycles. The van der Waals surface area contributed by atoms with E-state index in [2.05, 4.69) is 67.7 Å². The van der Waals surface area contributed by atoms with Crippen molar-refractivity contribution in [3.63, 3.8) is 0 Å². The largest absolute Gasteiger partial charge is 0.790 e. The number of ether oxygens (including phenoxy) is 1. The van der Waals surface area contributed by atoms with Crippen molar-refractivity contribution in [2.45, 2.75) is 161 Å². The third kappa shape index (κ3) is 19.1. The number of aliphatic hydroxyl groups is 2. The van der Waals surface area contributed by atoms with Gasteiger partial charge in [-0.15, -0.1) is 0 Å². The number of amides is 2. The summed E-state index contributed by atoms with van der Waals surface area (Å²) in [5, 5.41) is 35.9. The Morgan fingerprint density at radius 1 is 0.882 bits per heavy atom. The molecular weight excluding hydrogens is 1060 g/mol. The lowest BCUT2D eigenvalue weighted by Gasteiger charge is -2.36. The van der Waals surface area contributed by atoms with Crippen LogP contribution in [-0.2, 0) is 68.3 Å². The highest BCUT2D eigenvalue weighted by Gasteiger charge is 2.49. The number of benzene rings is 1. The summed E-state index contributed by atoms with van der Waals surface area (Å²) in [5.74, 6) is -2.22. The number of Topliss-reactive ketones (excluding diaryl/α,β-unsaturated/α-hetero) is 1. The lowest BCUT2D eigenvalue weighted by molar-refractivity contribution is -0.347. The number of hydrogen-bond acceptors (Lipinski definition) is 22. The first-order chi connectivity index (χ1) is 35.5. The molecule has 3 aromatic rings. The van der Waals surface area contributed by atoms with Gasteiger partial charge in [-0.25, -0.2) is 19.3 Å². The molecule has 2 aromatic heterocycles. The Balaban J connectivity index is 0.938. The third-order valence-corrected chi connectivity index (χ3v) is 16.6. The van der Waals surface area contributed by atoms with Crippen LogP contribution in [0.1, 0.15) is 135 Å².